The number of hydrogen-bond acceptors (Lipinski definition) is 4. The van der Waals surface area contributed by atoms with Gasteiger partial charge in [-0.05, 0) is 27.2 Å². The van der Waals surface area contributed by atoms with Crippen molar-refractivity contribution in [1.29, 1.82) is 0 Å². The van der Waals surface area contributed by atoms with Gasteiger partial charge in [-0.1, -0.05) is 6.92 Å². The summed E-state index contributed by atoms with van der Waals surface area (Å²) in [5.41, 5.74) is -1.39. The molecule has 0 bridgehead atoms. The van der Waals surface area contributed by atoms with Crippen LogP contribution in [0.1, 0.15) is 34.1 Å². The lowest BCUT2D eigenvalue weighted by molar-refractivity contribution is -0.143. The molecule has 0 aliphatic rings. The zero-order chi connectivity index (χ0) is 15.1. The number of nitrogens with one attached hydrogen (secondary N) is 1. The molecule has 0 spiro atoms. The number of carbonyl (C=O) groups excluding carboxylic acids is 2. The Kier molecular flexibility index (Phi) is 6.89. The highest BCUT2D eigenvalue weighted by atomic mass is 16.5. The number of hydrogen-bond donors (Lipinski definition) is 2. The van der Waals surface area contributed by atoms with Gasteiger partial charge in [0.15, 0.2) is 0 Å². The largest absolute Gasteiger partial charge is 0.480 e. The molecule has 110 valence electrons. The van der Waals surface area contributed by atoms with Crippen molar-refractivity contribution in [1.82, 2.24) is 10.2 Å². The van der Waals surface area contributed by atoms with Gasteiger partial charge < -0.3 is 20.1 Å². The minimum absolute atomic E-state index is 0.191. The van der Waals surface area contributed by atoms with Gasteiger partial charge in [0, 0.05) is 6.54 Å². The highest BCUT2D eigenvalue weighted by Crippen LogP contribution is 2.04. The summed E-state index contributed by atoms with van der Waals surface area (Å²) in [4.78, 5) is 35.5. The first-order valence-electron chi connectivity index (χ1n) is 6.20. The van der Waals surface area contributed by atoms with Crippen LogP contribution >= 0.6 is 0 Å². The first kappa shape index (κ1) is 17.2. The molecule has 0 heterocycles. The lowest BCUT2D eigenvalue weighted by atomic mass is 10.1. The summed E-state index contributed by atoms with van der Waals surface area (Å²) < 4.78 is 4.77. The van der Waals surface area contributed by atoms with Crippen molar-refractivity contribution in [3.8, 4) is 0 Å². The Morgan fingerprint density at radius 1 is 1.26 bits per heavy atom. The number of carboxylic acid groups (broad SMARTS) is 1. The number of carboxylic acids is 1. The third-order valence-corrected chi connectivity index (χ3v) is 2.36. The molecule has 0 fully saturated rings. The molecule has 2 amide bonds. The molecule has 0 aromatic heterocycles. The number of ether oxygens (including phenoxy) is 1. The summed E-state index contributed by atoms with van der Waals surface area (Å²) in [5, 5.41) is 11.3. The highest BCUT2D eigenvalue weighted by Gasteiger charge is 2.31. The van der Waals surface area contributed by atoms with Gasteiger partial charge in [0.1, 0.15) is 12.1 Å². The van der Waals surface area contributed by atoms with E-state index in [2.05, 4.69) is 5.32 Å². The zero-order valence-corrected chi connectivity index (χ0v) is 11.9. The molecular weight excluding hydrogens is 252 g/mol. The molecule has 0 rings (SSSR count). The summed E-state index contributed by atoms with van der Waals surface area (Å²) in [6, 6.07) is -0.595. The predicted molar refractivity (Wildman–Crippen MR) is 68.7 cm³/mol. The molecule has 19 heavy (non-hydrogen) atoms. The maximum atomic E-state index is 11.9. The second kappa shape index (κ2) is 7.60. The van der Waals surface area contributed by atoms with Crippen LogP contribution in [0.3, 0.4) is 0 Å². The number of nitrogens with zero attached hydrogens (tertiary/aromatic N) is 1. The van der Waals surface area contributed by atoms with Crippen LogP contribution in [0, 0.1) is 0 Å². The first-order chi connectivity index (χ1) is 8.74. The molecule has 7 nitrogen and oxygen atoms in total. The SMILES string of the molecule is CCCN(CC(=O)OCC)C(=O)NC(C)(C)C(=O)O. The number of aliphatic carboxylic acids is 1. The van der Waals surface area contributed by atoms with Gasteiger partial charge in [-0.15, -0.1) is 0 Å². The van der Waals surface area contributed by atoms with Crippen LogP contribution in [0.15, 0.2) is 0 Å². The van der Waals surface area contributed by atoms with E-state index in [0.29, 0.717) is 13.0 Å². The molecule has 0 saturated heterocycles. The lowest BCUT2D eigenvalue weighted by Gasteiger charge is -2.27. The molecule has 0 saturated carbocycles. The fraction of sp³-hybridized carbons (Fsp3) is 0.750. The molecule has 0 aliphatic carbocycles. The average Bonchev–Trinajstić information content (AvgIpc) is 2.27. The molecule has 0 unspecified atom stereocenters. The zero-order valence-electron chi connectivity index (χ0n) is 11.9. The molecule has 2 N–H and O–H groups in total. The summed E-state index contributed by atoms with van der Waals surface area (Å²) in [6.45, 7) is 6.68. The predicted octanol–water partition coefficient (Wildman–Crippen LogP) is 0.834. The minimum Gasteiger partial charge on any atom is -0.480 e. The number of amides is 2. The molecule has 0 aromatic rings. The van der Waals surface area contributed by atoms with Crippen molar-refractivity contribution in [2.75, 3.05) is 19.7 Å². The van der Waals surface area contributed by atoms with Crippen LogP contribution in [0.2, 0.25) is 0 Å². The second-order valence-corrected chi connectivity index (χ2v) is 4.59. The Labute approximate surface area is 112 Å². The van der Waals surface area contributed by atoms with Crippen molar-refractivity contribution in [2.24, 2.45) is 0 Å². The van der Waals surface area contributed by atoms with E-state index in [9.17, 15) is 14.4 Å². The van der Waals surface area contributed by atoms with Gasteiger partial charge >= 0.3 is 18.0 Å². The Hall–Kier alpha value is -1.79. The fourth-order valence-electron chi connectivity index (χ4n) is 1.28. The Bertz CT molecular complexity index is 341. The molecule has 0 radical (unpaired) electrons. The number of esters is 1. The highest BCUT2D eigenvalue weighted by molar-refractivity contribution is 5.87. The van der Waals surface area contributed by atoms with Crippen LogP contribution in [-0.2, 0) is 14.3 Å². The van der Waals surface area contributed by atoms with E-state index in [0.717, 1.165) is 0 Å². The molecule has 7 heteroatoms. The van der Waals surface area contributed by atoms with Gasteiger partial charge in [-0.3, -0.25) is 4.79 Å². The monoisotopic (exact) mass is 274 g/mol. The maximum absolute atomic E-state index is 11.9. The van der Waals surface area contributed by atoms with E-state index >= 15 is 0 Å². The number of urea groups is 1. The van der Waals surface area contributed by atoms with Gasteiger partial charge in [-0.25, -0.2) is 9.59 Å². The topological polar surface area (TPSA) is 95.9 Å². The van der Waals surface area contributed by atoms with Gasteiger partial charge in [0.25, 0.3) is 0 Å². The van der Waals surface area contributed by atoms with E-state index < -0.39 is 23.5 Å². The average molecular weight is 274 g/mol. The summed E-state index contributed by atoms with van der Waals surface area (Å²) in [6.07, 6.45) is 0.653. The Morgan fingerprint density at radius 3 is 2.26 bits per heavy atom. The van der Waals surface area contributed by atoms with Crippen LogP contribution in [0.25, 0.3) is 0 Å². The van der Waals surface area contributed by atoms with E-state index in [1.54, 1.807) is 6.92 Å². The van der Waals surface area contributed by atoms with Gasteiger partial charge in [0.2, 0.25) is 0 Å². The van der Waals surface area contributed by atoms with E-state index in [1.165, 1.54) is 18.7 Å². The van der Waals surface area contributed by atoms with Crippen molar-refractivity contribution in [2.45, 2.75) is 39.7 Å². The Morgan fingerprint density at radius 2 is 1.84 bits per heavy atom. The van der Waals surface area contributed by atoms with Crippen LogP contribution < -0.4 is 5.32 Å². The molecule has 0 aliphatic heterocycles. The third-order valence-electron chi connectivity index (χ3n) is 2.36. The first-order valence-corrected chi connectivity index (χ1v) is 6.20. The van der Waals surface area contributed by atoms with Gasteiger partial charge in [-0.2, -0.15) is 0 Å². The van der Waals surface area contributed by atoms with E-state index in [4.69, 9.17) is 9.84 Å². The van der Waals surface area contributed by atoms with Crippen LogP contribution in [0.5, 0.6) is 0 Å². The lowest BCUT2D eigenvalue weighted by Crippen LogP contribution is -2.55. The van der Waals surface area contributed by atoms with Crippen LogP contribution in [-0.4, -0.2) is 53.2 Å². The normalized spacial score (nSPS) is 10.7. The summed E-state index contributed by atoms with van der Waals surface area (Å²) in [5.74, 6) is -1.66. The standard InChI is InChI=1S/C12H22N2O5/c1-5-7-14(8-9(15)19-6-2)11(18)13-12(3,4)10(16)17/h5-8H2,1-4H3,(H,13,18)(H,16,17). The molecular formula is C12H22N2O5. The maximum Gasteiger partial charge on any atom is 0.328 e. The fourth-order valence-corrected chi connectivity index (χ4v) is 1.28. The summed E-state index contributed by atoms with van der Waals surface area (Å²) >= 11 is 0. The number of carbonyl (C=O) groups is 3. The smallest absolute Gasteiger partial charge is 0.328 e. The summed E-state index contributed by atoms with van der Waals surface area (Å²) in [7, 11) is 0. The van der Waals surface area contributed by atoms with Crippen molar-refractivity contribution in [3.05, 3.63) is 0 Å². The number of rotatable bonds is 7. The van der Waals surface area contributed by atoms with E-state index in [-0.39, 0.29) is 13.2 Å². The Balaban J connectivity index is 4.66. The quantitative estimate of drug-likeness (QED) is 0.670. The van der Waals surface area contributed by atoms with Crippen LogP contribution in [0.4, 0.5) is 4.79 Å². The third kappa shape index (κ3) is 6.08. The second-order valence-electron chi connectivity index (χ2n) is 4.59. The van der Waals surface area contributed by atoms with E-state index in [1.807, 2.05) is 6.92 Å². The van der Waals surface area contributed by atoms with Crippen molar-refractivity contribution >= 4 is 18.0 Å². The molecule has 0 aromatic carbocycles. The van der Waals surface area contributed by atoms with Crippen molar-refractivity contribution < 1.29 is 24.2 Å². The molecule has 0 atom stereocenters. The van der Waals surface area contributed by atoms with Gasteiger partial charge in [0.05, 0.1) is 6.61 Å². The van der Waals surface area contributed by atoms with Crippen molar-refractivity contribution in [3.63, 3.8) is 0 Å². The minimum atomic E-state index is -1.39.